The fraction of sp³-hybridized carbons (Fsp3) is 0. The molecule has 0 fully saturated rings. The van der Waals surface area contributed by atoms with Crippen molar-refractivity contribution >= 4 is 44.0 Å². The molecule has 0 bridgehead atoms. The minimum absolute atomic E-state index is 0.196. The van der Waals surface area contributed by atoms with E-state index >= 15 is 0 Å². The van der Waals surface area contributed by atoms with Crippen LogP contribution in [0.2, 0.25) is 0 Å². The molecule has 4 aromatic rings. The molecule has 3 aromatic carbocycles. The van der Waals surface area contributed by atoms with Gasteiger partial charge in [0.05, 0.1) is 10.9 Å². The number of carbonyl (C=O) groups is 2. The quantitative estimate of drug-likeness (QED) is 0.500. The predicted octanol–water partition coefficient (Wildman–Crippen LogP) is 3.77. The number of aromatic amines is 1. The summed E-state index contributed by atoms with van der Waals surface area (Å²) in [6.45, 7) is 0. The number of benzene rings is 3. The van der Waals surface area contributed by atoms with Crippen molar-refractivity contribution in [1.82, 2.24) is 4.98 Å². The van der Waals surface area contributed by atoms with E-state index in [1.165, 1.54) is 12.2 Å². The zero-order chi connectivity index (χ0) is 17.1. The third kappa shape index (κ3) is 1.79. The maximum atomic E-state index is 12.8. The second-order valence-corrected chi connectivity index (χ2v) is 6.14. The largest absolute Gasteiger partial charge is 0.321 e. The van der Waals surface area contributed by atoms with Crippen LogP contribution in [0, 0.1) is 0 Å². The summed E-state index contributed by atoms with van der Waals surface area (Å²) in [4.78, 5) is 40.2. The first-order valence-electron chi connectivity index (χ1n) is 7.92. The summed E-state index contributed by atoms with van der Waals surface area (Å²) in [5.41, 5.74) is 0.861. The molecular formula is C21H11NO3. The molecule has 0 unspecified atom stereocenters. The van der Waals surface area contributed by atoms with Crippen LogP contribution in [0.15, 0.2) is 65.5 Å². The number of allylic oxidation sites excluding steroid dienone is 2. The van der Waals surface area contributed by atoms with Gasteiger partial charge in [0.15, 0.2) is 11.6 Å². The van der Waals surface area contributed by atoms with E-state index in [2.05, 4.69) is 4.98 Å². The fourth-order valence-corrected chi connectivity index (χ4v) is 3.66. The van der Waals surface area contributed by atoms with Crippen LogP contribution in [-0.4, -0.2) is 16.6 Å². The SMILES string of the molecule is O=C1C=CC(=O)c2c1ccc1c2c(=O)[nH]c2c3ccccc3ccc12. The highest BCUT2D eigenvalue weighted by Gasteiger charge is 2.24. The first-order valence-corrected chi connectivity index (χ1v) is 7.92. The van der Waals surface area contributed by atoms with Gasteiger partial charge in [-0.25, -0.2) is 0 Å². The van der Waals surface area contributed by atoms with Crippen molar-refractivity contribution < 1.29 is 9.59 Å². The molecule has 1 N–H and O–H groups in total. The maximum absolute atomic E-state index is 12.8. The van der Waals surface area contributed by atoms with Crippen LogP contribution in [0.4, 0.5) is 0 Å². The van der Waals surface area contributed by atoms with Crippen molar-refractivity contribution in [2.45, 2.75) is 0 Å². The van der Waals surface area contributed by atoms with Crippen molar-refractivity contribution in [1.29, 1.82) is 0 Å². The molecule has 0 radical (unpaired) electrons. The average molecular weight is 325 g/mol. The Balaban J connectivity index is 2.05. The molecule has 0 saturated heterocycles. The van der Waals surface area contributed by atoms with E-state index in [9.17, 15) is 14.4 Å². The van der Waals surface area contributed by atoms with E-state index in [1.807, 2.05) is 36.4 Å². The number of carbonyl (C=O) groups excluding carboxylic acids is 2. The van der Waals surface area contributed by atoms with Gasteiger partial charge in [-0.1, -0.05) is 42.5 Å². The summed E-state index contributed by atoms with van der Waals surface area (Å²) in [5, 5.41) is 3.78. The molecule has 0 atom stereocenters. The predicted molar refractivity (Wildman–Crippen MR) is 97.4 cm³/mol. The smallest absolute Gasteiger partial charge is 0.257 e. The lowest BCUT2D eigenvalue weighted by molar-refractivity contribution is 0.0995. The summed E-state index contributed by atoms with van der Waals surface area (Å²) in [7, 11) is 0. The second kappa shape index (κ2) is 4.74. The fourth-order valence-electron chi connectivity index (χ4n) is 3.66. The molecule has 4 nitrogen and oxygen atoms in total. The van der Waals surface area contributed by atoms with E-state index in [-0.39, 0.29) is 33.6 Å². The van der Waals surface area contributed by atoms with Crippen LogP contribution in [0.3, 0.4) is 0 Å². The van der Waals surface area contributed by atoms with Gasteiger partial charge < -0.3 is 4.98 Å². The maximum Gasteiger partial charge on any atom is 0.257 e. The molecule has 25 heavy (non-hydrogen) atoms. The van der Waals surface area contributed by atoms with Crippen LogP contribution in [0.25, 0.3) is 32.4 Å². The highest BCUT2D eigenvalue weighted by molar-refractivity contribution is 6.29. The number of hydrogen-bond acceptors (Lipinski definition) is 3. The Morgan fingerprint density at radius 1 is 0.680 bits per heavy atom. The lowest BCUT2D eigenvalue weighted by atomic mass is 9.89. The number of H-pyrrole nitrogens is 1. The molecular weight excluding hydrogens is 314 g/mol. The van der Waals surface area contributed by atoms with E-state index in [4.69, 9.17) is 0 Å². The van der Waals surface area contributed by atoms with Crippen molar-refractivity contribution in [3.8, 4) is 0 Å². The Bertz CT molecular complexity index is 1340. The number of pyridine rings is 1. The van der Waals surface area contributed by atoms with Gasteiger partial charge in [0.1, 0.15) is 0 Å². The van der Waals surface area contributed by atoms with E-state index in [0.29, 0.717) is 5.39 Å². The Labute approximate surface area is 141 Å². The zero-order valence-corrected chi connectivity index (χ0v) is 13.0. The molecule has 5 rings (SSSR count). The minimum Gasteiger partial charge on any atom is -0.321 e. The van der Waals surface area contributed by atoms with Gasteiger partial charge in [-0.3, -0.25) is 14.4 Å². The topological polar surface area (TPSA) is 67.0 Å². The first kappa shape index (κ1) is 13.9. The van der Waals surface area contributed by atoms with Gasteiger partial charge in [0, 0.05) is 21.9 Å². The molecule has 4 heteroatoms. The number of nitrogens with one attached hydrogen (secondary N) is 1. The van der Waals surface area contributed by atoms with Crippen LogP contribution >= 0.6 is 0 Å². The summed E-state index contributed by atoms with van der Waals surface area (Å²) in [6, 6.07) is 15.1. The molecule has 0 aliphatic heterocycles. The van der Waals surface area contributed by atoms with Gasteiger partial charge in [-0.05, 0) is 29.0 Å². The normalized spacial score (nSPS) is 13.8. The van der Waals surface area contributed by atoms with Crippen LogP contribution in [0.5, 0.6) is 0 Å². The summed E-state index contributed by atoms with van der Waals surface area (Å²) in [6.07, 6.45) is 2.48. The molecule has 1 aliphatic carbocycles. The highest BCUT2D eigenvalue weighted by Crippen LogP contribution is 2.31. The lowest BCUT2D eigenvalue weighted by Gasteiger charge is -2.13. The first-order chi connectivity index (χ1) is 12.1. The lowest BCUT2D eigenvalue weighted by Crippen LogP contribution is -2.17. The zero-order valence-electron chi connectivity index (χ0n) is 13.0. The third-order valence-electron chi connectivity index (χ3n) is 4.79. The minimum atomic E-state index is -0.354. The van der Waals surface area contributed by atoms with Crippen molar-refractivity contribution in [2.24, 2.45) is 0 Å². The molecule has 0 spiro atoms. The third-order valence-corrected chi connectivity index (χ3v) is 4.79. The molecule has 0 saturated carbocycles. The molecule has 1 heterocycles. The monoisotopic (exact) mass is 325 g/mol. The molecule has 1 aliphatic rings. The van der Waals surface area contributed by atoms with Crippen LogP contribution < -0.4 is 5.56 Å². The second-order valence-electron chi connectivity index (χ2n) is 6.14. The number of ketones is 2. The number of hydrogen-bond donors (Lipinski definition) is 1. The highest BCUT2D eigenvalue weighted by atomic mass is 16.1. The Morgan fingerprint density at radius 2 is 1.44 bits per heavy atom. The van der Waals surface area contributed by atoms with Crippen LogP contribution in [0.1, 0.15) is 20.7 Å². The van der Waals surface area contributed by atoms with Gasteiger partial charge in [-0.2, -0.15) is 0 Å². The summed E-state index contributed by atoms with van der Waals surface area (Å²) >= 11 is 0. The van der Waals surface area contributed by atoms with Crippen molar-refractivity contribution in [3.05, 3.63) is 82.2 Å². The van der Waals surface area contributed by atoms with E-state index < -0.39 is 0 Å². The molecule has 0 amide bonds. The Hall–Kier alpha value is -3.53. The van der Waals surface area contributed by atoms with Gasteiger partial charge in [0.2, 0.25) is 0 Å². The summed E-state index contributed by atoms with van der Waals surface area (Å²) in [5.74, 6) is -0.569. The summed E-state index contributed by atoms with van der Waals surface area (Å²) < 4.78 is 0. The standard InChI is InChI=1S/C21H11NO3/c23-16-9-10-17(24)18-15(16)8-7-13-14-6-5-11-3-1-2-4-12(11)20(14)22-21(25)19(13)18/h1-10H,(H,22,25). The van der Waals surface area contributed by atoms with Gasteiger partial charge >= 0.3 is 0 Å². The number of fused-ring (bicyclic) bond motifs is 7. The van der Waals surface area contributed by atoms with Crippen molar-refractivity contribution in [3.63, 3.8) is 0 Å². The van der Waals surface area contributed by atoms with Crippen LogP contribution in [-0.2, 0) is 0 Å². The van der Waals surface area contributed by atoms with Gasteiger partial charge in [-0.15, -0.1) is 0 Å². The van der Waals surface area contributed by atoms with Crippen molar-refractivity contribution in [2.75, 3.05) is 0 Å². The molecule has 1 aromatic heterocycles. The Kier molecular flexibility index (Phi) is 2.63. The average Bonchev–Trinajstić information content (AvgIpc) is 2.64. The Morgan fingerprint density at radius 3 is 2.32 bits per heavy atom. The van der Waals surface area contributed by atoms with E-state index in [0.717, 1.165) is 21.7 Å². The number of rotatable bonds is 0. The number of aromatic nitrogens is 1. The molecule has 118 valence electrons. The van der Waals surface area contributed by atoms with Gasteiger partial charge in [0.25, 0.3) is 5.56 Å². The van der Waals surface area contributed by atoms with E-state index in [1.54, 1.807) is 12.1 Å².